The quantitative estimate of drug-likeness (QED) is 0.667. The summed E-state index contributed by atoms with van der Waals surface area (Å²) in [6.45, 7) is 1.62. The molecule has 13 heavy (non-hydrogen) atoms. The first-order chi connectivity index (χ1) is 6.19. The molecule has 0 amide bonds. The Hall–Kier alpha value is -1.45. The Kier molecular flexibility index (Phi) is 2.95. The minimum Gasteiger partial charge on any atom is -0.481 e. The van der Waals surface area contributed by atoms with Gasteiger partial charge < -0.3 is 9.53 Å². The van der Waals surface area contributed by atoms with Gasteiger partial charge in [-0.05, 0) is 0 Å². The van der Waals surface area contributed by atoms with Gasteiger partial charge in [-0.3, -0.25) is 0 Å². The van der Waals surface area contributed by atoms with Crippen molar-refractivity contribution in [2.24, 2.45) is 0 Å². The Morgan fingerprint density at radius 3 is 2.92 bits per heavy atom. The molecule has 0 aliphatic carbocycles. The second-order valence-corrected chi connectivity index (χ2v) is 2.67. The highest BCUT2D eigenvalue weighted by Crippen LogP contribution is 2.20. The van der Waals surface area contributed by atoms with Crippen LogP contribution in [0.2, 0.25) is 0 Å². The van der Waals surface area contributed by atoms with E-state index in [9.17, 15) is 9.18 Å². The van der Waals surface area contributed by atoms with Crippen LogP contribution in [0.4, 0.5) is 4.39 Å². The highest BCUT2D eigenvalue weighted by Gasteiger charge is 2.11. The number of aromatic nitrogens is 1. The summed E-state index contributed by atoms with van der Waals surface area (Å²) < 4.78 is 17.9. The van der Waals surface area contributed by atoms with Crippen LogP contribution in [0.1, 0.15) is 18.4 Å². The van der Waals surface area contributed by atoms with Crippen molar-refractivity contribution in [2.45, 2.75) is 12.8 Å². The third-order valence-corrected chi connectivity index (χ3v) is 1.76. The van der Waals surface area contributed by atoms with Crippen molar-refractivity contribution in [1.29, 1.82) is 0 Å². The van der Waals surface area contributed by atoms with Gasteiger partial charge in [0.15, 0.2) is 0 Å². The van der Waals surface area contributed by atoms with Crippen LogP contribution in [-0.2, 0) is 4.79 Å². The van der Waals surface area contributed by atoms with Gasteiger partial charge in [-0.25, -0.2) is 9.37 Å². The Bertz CT molecular complexity index is 314. The summed E-state index contributed by atoms with van der Waals surface area (Å²) in [5, 5.41) is 0. The Morgan fingerprint density at radius 2 is 2.38 bits per heavy atom. The Morgan fingerprint density at radius 1 is 1.69 bits per heavy atom. The molecule has 0 saturated heterocycles. The highest BCUT2D eigenvalue weighted by molar-refractivity contribution is 5.61. The SMILES string of the molecule is COc1cc(C(C)C=O)c(F)cn1. The van der Waals surface area contributed by atoms with E-state index < -0.39 is 11.7 Å². The molecule has 0 radical (unpaired) electrons. The molecule has 1 atom stereocenters. The van der Waals surface area contributed by atoms with Crippen molar-refractivity contribution >= 4 is 6.29 Å². The van der Waals surface area contributed by atoms with Crippen molar-refractivity contribution in [3.63, 3.8) is 0 Å². The first-order valence-electron chi connectivity index (χ1n) is 3.83. The average molecular weight is 183 g/mol. The van der Waals surface area contributed by atoms with Gasteiger partial charge in [-0.15, -0.1) is 0 Å². The minimum atomic E-state index is -0.486. The van der Waals surface area contributed by atoms with Crippen LogP contribution in [-0.4, -0.2) is 18.4 Å². The first-order valence-corrected chi connectivity index (χ1v) is 3.83. The van der Waals surface area contributed by atoms with E-state index in [0.29, 0.717) is 17.7 Å². The van der Waals surface area contributed by atoms with Crippen LogP contribution in [0.15, 0.2) is 12.3 Å². The number of hydrogen-bond donors (Lipinski definition) is 0. The van der Waals surface area contributed by atoms with Crippen molar-refractivity contribution in [2.75, 3.05) is 7.11 Å². The maximum absolute atomic E-state index is 13.1. The second kappa shape index (κ2) is 3.98. The van der Waals surface area contributed by atoms with Gasteiger partial charge in [0.25, 0.3) is 0 Å². The zero-order chi connectivity index (χ0) is 9.84. The van der Waals surface area contributed by atoms with E-state index in [4.69, 9.17) is 4.74 Å². The van der Waals surface area contributed by atoms with Crippen LogP contribution < -0.4 is 4.74 Å². The predicted octanol–water partition coefficient (Wildman–Crippen LogP) is 1.53. The number of pyridine rings is 1. The molecule has 1 unspecified atom stereocenters. The van der Waals surface area contributed by atoms with Crippen molar-refractivity contribution in [3.05, 3.63) is 23.6 Å². The number of nitrogens with zero attached hydrogens (tertiary/aromatic N) is 1. The molecule has 4 heteroatoms. The number of rotatable bonds is 3. The van der Waals surface area contributed by atoms with Gasteiger partial charge in [0.05, 0.1) is 13.3 Å². The van der Waals surface area contributed by atoms with E-state index in [1.165, 1.54) is 13.2 Å². The lowest BCUT2D eigenvalue weighted by atomic mass is 10.0. The summed E-state index contributed by atoms with van der Waals surface area (Å²) in [6.07, 6.45) is 1.73. The van der Waals surface area contributed by atoms with E-state index in [1.54, 1.807) is 6.92 Å². The Labute approximate surface area is 75.6 Å². The fraction of sp³-hybridized carbons (Fsp3) is 0.333. The van der Waals surface area contributed by atoms with E-state index in [-0.39, 0.29) is 0 Å². The predicted molar refractivity (Wildman–Crippen MR) is 45.2 cm³/mol. The molecule has 0 saturated carbocycles. The molecule has 1 aromatic heterocycles. The molecule has 70 valence electrons. The maximum atomic E-state index is 13.1. The monoisotopic (exact) mass is 183 g/mol. The molecular formula is C9H10FNO2. The maximum Gasteiger partial charge on any atom is 0.213 e. The molecule has 0 fully saturated rings. The van der Waals surface area contributed by atoms with Gasteiger partial charge >= 0.3 is 0 Å². The molecule has 0 aromatic carbocycles. The van der Waals surface area contributed by atoms with Gasteiger partial charge in [-0.2, -0.15) is 0 Å². The summed E-state index contributed by atoms with van der Waals surface area (Å²) in [5.74, 6) is -0.651. The van der Waals surface area contributed by atoms with Gasteiger partial charge in [0.2, 0.25) is 5.88 Å². The molecule has 0 spiro atoms. The lowest BCUT2D eigenvalue weighted by Gasteiger charge is -2.06. The normalized spacial score (nSPS) is 12.2. The smallest absolute Gasteiger partial charge is 0.213 e. The summed E-state index contributed by atoms with van der Waals surface area (Å²) >= 11 is 0. The molecule has 1 aromatic rings. The second-order valence-electron chi connectivity index (χ2n) is 2.67. The van der Waals surface area contributed by atoms with Crippen molar-refractivity contribution < 1.29 is 13.9 Å². The molecule has 1 heterocycles. The molecule has 3 nitrogen and oxygen atoms in total. The van der Waals surface area contributed by atoms with Gasteiger partial charge in [-0.1, -0.05) is 6.92 Å². The number of halogens is 1. The zero-order valence-corrected chi connectivity index (χ0v) is 7.45. The summed E-state index contributed by atoms with van der Waals surface area (Å²) in [5.41, 5.74) is 0.307. The van der Waals surface area contributed by atoms with Crippen molar-refractivity contribution in [3.8, 4) is 5.88 Å². The lowest BCUT2D eigenvalue weighted by molar-refractivity contribution is -0.108. The Balaban J connectivity index is 3.10. The van der Waals surface area contributed by atoms with Crippen LogP contribution >= 0.6 is 0 Å². The third kappa shape index (κ3) is 2.02. The van der Waals surface area contributed by atoms with Crippen LogP contribution in [0, 0.1) is 5.82 Å². The number of methoxy groups -OCH3 is 1. The first kappa shape index (κ1) is 9.64. The topological polar surface area (TPSA) is 39.2 Å². The van der Waals surface area contributed by atoms with E-state index in [0.717, 1.165) is 6.20 Å². The fourth-order valence-corrected chi connectivity index (χ4v) is 0.968. The number of aldehydes is 1. The standard InChI is InChI=1S/C9H10FNO2/c1-6(5-12)7-3-9(13-2)11-4-8(7)10/h3-6H,1-2H3. The molecule has 0 aliphatic rings. The van der Waals surface area contributed by atoms with E-state index >= 15 is 0 Å². The largest absolute Gasteiger partial charge is 0.481 e. The molecule has 0 N–H and O–H groups in total. The van der Waals surface area contributed by atoms with E-state index in [1.807, 2.05) is 0 Å². The van der Waals surface area contributed by atoms with Crippen molar-refractivity contribution in [1.82, 2.24) is 4.98 Å². The molecular weight excluding hydrogens is 173 g/mol. The molecule has 1 rings (SSSR count). The molecule has 0 aliphatic heterocycles. The lowest BCUT2D eigenvalue weighted by Crippen LogP contribution is -2.00. The van der Waals surface area contributed by atoms with Crippen LogP contribution in [0.3, 0.4) is 0 Å². The minimum absolute atomic E-state index is 0.307. The number of hydrogen-bond acceptors (Lipinski definition) is 3. The van der Waals surface area contributed by atoms with Crippen LogP contribution in [0.5, 0.6) is 5.88 Å². The number of carbonyl (C=O) groups excluding carboxylic acids is 1. The highest BCUT2D eigenvalue weighted by atomic mass is 19.1. The fourth-order valence-electron chi connectivity index (χ4n) is 0.968. The number of ether oxygens (including phenoxy) is 1. The summed E-state index contributed by atoms with van der Waals surface area (Å²) in [7, 11) is 1.44. The van der Waals surface area contributed by atoms with Crippen LogP contribution in [0.25, 0.3) is 0 Å². The molecule has 0 bridgehead atoms. The average Bonchev–Trinajstić information content (AvgIpc) is 2.17. The summed E-state index contributed by atoms with van der Waals surface area (Å²) in [6, 6.07) is 1.42. The number of carbonyl (C=O) groups is 1. The van der Waals surface area contributed by atoms with Gasteiger partial charge in [0.1, 0.15) is 12.1 Å². The summed E-state index contributed by atoms with van der Waals surface area (Å²) in [4.78, 5) is 14.1. The zero-order valence-electron chi connectivity index (χ0n) is 7.45. The van der Waals surface area contributed by atoms with Gasteiger partial charge in [0, 0.05) is 17.5 Å². The van der Waals surface area contributed by atoms with E-state index in [2.05, 4.69) is 4.98 Å². The third-order valence-electron chi connectivity index (χ3n) is 1.76.